The average molecular weight is 733 g/mol. The lowest BCUT2D eigenvalue weighted by Gasteiger charge is -2.31. The Morgan fingerprint density at radius 2 is 1.98 bits per heavy atom. The second kappa shape index (κ2) is 14.0. The molecule has 0 aliphatic carbocycles. The van der Waals surface area contributed by atoms with Gasteiger partial charge in [0.2, 0.25) is 5.91 Å². The number of carbonyl (C=O) groups is 1. The van der Waals surface area contributed by atoms with Crippen LogP contribution in [-0.2, 0) is 4.79 Å². The summed E-state index contributed by atoms with van der Waals surface area (Å²) in [6, 6.07) is 9.63. The monoisotopic (exact) mass is 732 g/mol. The van der Waals surface area contributed by atoms with Crippen LogP contribution in [0.5, 0.6) is 6.01 Å². The van der Waals surface area contributed by atoms with E-state index < -0.39 is 23.3 Å². The molecule has 13 heteroatoms. The molecule has 8 rings (SSSR count). The summed E-state index contributed by atoms with van der Waals surface area (Å²) in [5.74, 6) is 1.92. The number of carbonyl (C=O) groups excluding carboxylic acids is 1. The van der Waals surface area contributed by atoms with E-state index in [2.05, 4.69) is 30.8 Å². The summed E-state index contributed by atoms with van der Waals surface area (Å²) in [7, 11) is 1.84. The van der Waals surface area contributed by atoms with Gasteiger partial charge in [-0.05, 0) is 63.2 Å². The molecule has 0 bridgehead atoms. The number of benzene rings is 2. The zero-order chi connectivity index (χ0) is 37.7. The van der Waals surface area contributed by atoms with E-state index in [9.17, 15) is 13.6 Å². The number of pyridine rings is 1. The standard InChI is InChI=1S/C41H39F3N8O2/c1-5-30-33(43)12-10-26-8-6-9-31(35(26)30)37-36(44)38-32(20-45-37)39(49-40(48-38)54-23-41-15-7-16-52(41)21-27(42)19-41)50(4)29-14-17-51(22-29)34(53)13-11-28-18-24(2)46-25(3)47-28/h1,6,8-13,18,20,27,29H,7,14-17,19,21-23H2,2-4H3/b13-11+/t27-,29-,41+/m1/s1. The SMILES string of the molecule is C#Cc1c(F)ccc2cccc(-c3ncc4c(N(C)[C@@H]5CCN(C(=O)/C=C/c6cc(C)nc(C)n6)C5)nc(OC[C@@]56CCCN5C[C@H](F)C6)nc4c3F)c12. The van der Waals surface area contributed by atoms with E-state index >= 15 is 4.39 Å². The van der Waals surface area contributed by atoms with E-state index in [4.69, 9.17) is 16.1 Å². The lowest BCUT2D eigenvalue weighted by atomic mass is 9.95. The summed E-state index contributed by atoms with van der Waals surface area (Å²) in [5, 5.41) is 1.33. The minimum atomic E-state index is -0.949. The average Bonchev–Trinajstić information content (AvgIpc) is 3.87. The molecule has 0 radical (unpaired) electrons. The van der Waals surface area contributed by atoms with Gasteiger partial charge in [-0.3, -0.25) is 14.7 Å². The van der Waals surface area contributed by atoms with Crippen molar-refractivity contribution in [1.29, 1.82) is 0 Å². The number of aromatic nitrogens is 5. The van der Waals surface area contributed by atoms with Crippen molar-refractivity contribution < 1.29 is 22.7 Å². The van der Waals surface area contributed by atoms with Crippen LogP contribution in [0.3, 0.4) is 0 Å². The molecule has 6 heterocycles. The molecule has 276 valence electrons. The first-order valence-corrected chi connectivity index (χ1v) is 18.1. The highest BCUT2D eigenvalue weighted by Crippen LogP contribution is 2.41. The minimum Gasteiger partial charge on any atom is -0.461 e. The number of alkyl halides is 1. The number of ether oxygens (including phenoxy) is 1. The van der Waals surface area contributed by atoms with Crippen LogP contribution < -0.4 is 9.64 Å². The van der Waals surface area contributed by atoms with Crippen molar-refractivity contribution in [2.45, 2.75) is 57.3 Å². The van der Waals surface area contributed by atoms with Crippen LogP contribution in [0, 0.1) is 37.8 Å². The summed E-state index contributed by atoms with van der Waals surface area (Å²) in [5.41, 5.74) is 1.23. The Balaban J connectivity index is 1.15. The molecule has 3 aliphatic rings. The number of likely N-dealkylation sites (tertiary alicyclic amines) is 1. The first-order chi connectivity index (χ1) is 26.0. The molecule has 54 heavy (non-hydrogen) atoms. The maximum Gasteiger partial charge on any atom is 0.319 e. The van der Waals surface area contributed by atoms with Gasteiger partial charge in [-0.1, -0.05) is 30.2 Å². The van der Waals surface area contributed by atoms with Crippen molar-refractivity contribution in [3.05, 3.63) is 83.1 Å². The quantitative estimate of drug-likeness (QED) is 0.136. The number of fused-ring (bicyclic) bond motifs is 3. The molecule has 3 fully saturated rings. The van der Waals surface area contributed by atoms with Gasteiger partial charge in [-0.2, -0.15) is 9.97 Å². The molecular weight excluding hydrogens is 693 g/mol. The van der Waals surface area contributed by atoms with Crippen molar-refractivity contribution in [1.82, 2.24) is 34.7 Å². The van der Waals surface area contributed by atoms with Gasteiger partial charge in [-0.15, -0.1) is 6.42 Å². The molecule has 0 N–H and O–H groups in total. The largest absolute Gasteiger partial charge is 0.461 e. The number of halogens is 3. The molecule has 5 aromatic rings. The lowest BCUT2D eigenvalue weighted by Crippen LogP contribution is -2.43. The molecule has 0 saturated carbocycles. The minimum absolute atomic E-state index is 0.0112. The van der Waals surface area contributed by atoms with Crippen LogP contribution in [0.1, 0.15) is 48.5 Å². The van der Waals surface area contributed by atoms with Crippen molar-refractivity contribution in [2.24, 2.45) is 0 Å². The van der Waals surface area contributed by atoms with E-state index in [0.29, 0.717) is 71.5 Å². The molecule has 10 nitrogen and oxygen atoms in total. The van der Waals surface area contributed by atoms with E-state index in [1.165, 1.54) is 18.3 Å². The fraction of sp³-hybridized carbons (Fsp3) is 0.366. The van der Waals surface area contributed by atoms with E-state index in [0.717, 1.165) is 25.1 Å². The van der Waals surface area contributed by atoms with E-state index in [1.54, 1.807) is 42.2 Å². The lowest BCUT2D eigenvalue weighted by molar-refractivity contribution is -0.124. The molecule has 1 amide bonds. The predicted molar refractivity (Wildman–Crippen MR) is 201 cm³/mol. The maximum absolute atomic E-state index is 17.0. The van der Waals surface area contributed by atoms with Gasteiger partial charge in [0.05, 0.1) is 22.2 Å². The normalized spacial score (nSPS) is 21.3. The summed E-state index contributed by atoms with van der Waals surface area (Å²) in [6.07, 6.45) is 12.2. The number of likely N-dealkylation sites (N-methyl/N-ethyl adjacent to an activating group) is 1. The topological polar surface area (TPSA) is 100 Å². The van der Waals surface area contributed by atoms with Crippen molar-refractivity contribution in [3.63, 3.8) is 0 Å². The maximum atomic E-state index is 17.0. The van der Waals surface area contributed by atoms with Gasteiger partial charge >= 0.3 is 6.01 Å². The Morgan fingerprint density at radius 3 is 2.80 bits per heavy atom. The molecule has 3 saturated heterocycles. The summed E-state index contributed by atoms with van der Waals surface area (Å²) < 4.78 is 52.8. The molecule has 3 atom stereocenters. The van der Waals surface area contributed by atoms with Crippen molar-refractivity contribution in [3.8, 4) is 29.6 Å². The Morgan fingerprint density at radius 1 is 1.13 bits per heavy atom. The zero-order valence-corrected chi connectivity index (χ0v) is 30.3. The molecule has 0 unspecified atom stereocenters. The van der Waals surface area contributed by atoms with Gasteiger partial charge in [0, 0.05) is 68.1 Å². The Bertz CT molecular complexity index is 2360. The third kappa shape index (κ3) is 6.38. The number of nitrogens with zero attached hydrogens (tertiary/aromatic N) is 8. The zero-order valence-electron chi connectivity index (χ0n) is 30.3. The highest BCUT2D eigenvalue weighted by molar-refractivity contribution is 6.02. The van der Waals surface area contributed by atoms with Crippen LogP contribution in [0.15, 0.2) is 48.7 Å². The summed E-state index contributed by atoms with van der Waals surface area (Å²) in [6.45, 7) is 5.87. The van der Waals surface area contributed by atoms with Gasteiger partial charge in [-0.25, -0.2) is 23.1 Å². The fourth-order valence-corrected chi connectivity index (χ4v) is 8.41. The molecule has 0 spiro atoms. The van der Waals surface area contributed by atoms with Gasteiger partial charge in [0.15, 0.2) is 5.82 Å². The number of aryl methyl sites for hydroxylation is 2. The second-order valence-corrected chi connectivity index (χ2v) is 14.5. The number of rotatable bonds is 8. The van der Waals surface area contributed by atoms with Gasteiger partial charge in [0.1, 0.15) is 41.4 Å². The number of terminal acetylenes is 1. The van der Waals surface area contributed by atoms with Crippen LogP contribution in [0.25, 0.3) is 39.0 Å². The van der Waals surface area contributed by atoms with Crippen molar-refractivity contribution in [2.75, 3.05) is 44.7 Å². The number of hydrogen-bond acceptors (Lipinski definition) is 9. The molecule has 3 aromatic heterocycles. The van der Waals surface area contributed by atoms with Gasteiger partial charge < -0.3 is 14.5 Å². The third-order valence-electron chi connectivity index (χ3n) is 11.0. The molecular formula is C41H39F3N8O2. The molecule has 2 aromatic carbocycles. The highest BCUT2D eigenvalue weighted by Gasteiger charge is 2.49. The predicted octanol–water partition coefficient (Wildman–Crippen LogP) is 6.22. The number of amides is 1. The van der Waals surface area contributed by atoms with E-state index in [-0.39, 0.29) is 41.3 Å². The van der Waals surface area contributed by atoms with Gasteiger partial charge in [0.25, 0.3) is 0 Å². The first-order valence-electron chi connectivity index (χ1n) is 18.1. The Labute approximate surface area is 311 Å². The second-order valence-electron chi connectivity index (χ2n) is 14.5. The van der Waals surface area contributed by atoms with Crippen LogP contribution >= 0.6 is 0 Å². The van der Waals surface area contributed by atoms with Crippen molar-refractivity contribution >= 4 is 39.5 Å². The Hall–Kier alpha value is -5.61. The fourth-order valence-electron chi connectivity index (χ4n) is 8.41. The summed E-state index contributed by atoms with van der Waals surface area (Å²) in [4.78, 5) is 41.7. The van der Waals surface area contributed by atoms with Crippen LogP contribution in [0.2, 0.25) is 0 Å². The number of hydrogen-bond donors (Lipinski definition) is 0. The molecule has 3 aliphatic heterocycles. The number of anilines is 1. The Kier molecular flexibility index (Phi) is 9.17. The van der Waals surface area contributed by atoms with Crippen LogP contribution in [0.4, 0.5) is 19.0 Å². The third-order valence-corrected chi connectivity index (χ3v) is 11.0. The van der Waals surface area contributed by atoms with Crippen LogP contribution in [-0.4, -0.2) is 98.2 Å². The smallest absolute Gasteiger partial charge is 0.319 e. The highest BCUT2D eigenvalue weighted by atomic mass is 19.1. The van der Waals surface area contributed by atoms with E-state index in [1.807, 2.05) is 24.9 Å². The first kappa shape index (κ1) is 35.4. The summed E-state index contributed by atoms with van der Waals surface area (Å²) >= 11 is 0.